The van der Waals surface area contributed by atoms with Crippen molar-refractivity contribution in [2.45, 2.75) is 64.0 Å². The van der Waals surface area contributed by atoms with E-state index in [0.717, 1.165) is 37.9 Å². The summed E-state index contributed by atoms with van der Waals surface area (Å²) in [5.41, 5.74) is 5.25. The van der Waals surface area contributed by atoms with E-state index in [9.17, 15) is 4.79 Å². The van der Waals surface area contributed by atoms with Gasteiger partial charge >= 0.3 is 0 Å². The number of amides is 1. The van der Waals surface area contributed by atoms with Gasteiger partial charge in [-0.05, 0) is 31.6 Å². The van der Waals surface area contributed by atoms with Gasteiger partial charge in [0.2, 0.25) is 5.91 Å². The van der Waals surface area contributed by atoms with Gasteiger partial charge in [0.05, 0.1) is 6.54 Å². The fourth-order valence-electron chi connectivity index (χ4n) is 3.70. The fraction of sp³-hybridized carbons (Fsp3) is 0.933. The Kier molecular flexibility index (Phi) is 5.64. The Balaban J connectivity index is 1.73. The molecule has 0 aromatic heterocycles. The smallest absolute Gasteiger partial charge is 0.231 e. The minimum atomic E-state index is -0.204. The van der Waals surface area contributed by atoms with Gasteiger partial charge in [-0.25, -0.2) is 0 Å². The lowest BCUT2D eigenvalue weighted by atomic mass is 9.82. The third-order valence-corrected chi connectivity index (χ3v) is 4.85. The topological polar surface area (TPSA) is 58.4 Å². The van der Waals surface area contributed by atoms with E-state index < -0.39 is 0 Å². The Bertz CT molecular complexity index is 287. The molecule has 1 saturated carbocycles. The molecule has 2 rings (SSSR count). The lowest BCUT2D eigenvalue weighted by molar-refractivity contribution is -0.119. The Morgan fingerprint density at radius 1 is 1.21 bits per heavy atom. The van der Waals surface area contributed by atoms with Crippen LogP contribution in [0.15, 0.2) is 0 Å². The summed E-state index contributed by atoms with van der Waals surface area (Å²) in [5.74, 6) is 0.669. The molecule has 0 aromatic carbocycles. The van der Waals surface area contributed by atoms with Crippen molar-refractivity contribution in [1.82, 2.24) is 10.2 Å². The number of primary amides is 1. The van der Waals surface area contributed by atoms with Crippen LogP contribution in [0.1, 0.15) is 51.9 Å². The highest BCUT2D eigenvalue weighted by molar-refractivity contribution is 5.75. The van der Waals surface area contributed by atoms with Crippen LogP contribution in [0.2, 0.25) is 0 Å². The lowest BCUT2D eigenvalue weighted by Crippen LogP contribution is -2.50. The van der Waals surface area contributed by atoms with Crippen molar-refractivity contribution in [1.29, 1.82) is 0 Å². The standard InChI is InChI=1S/C15H29N3O/c1-2-12-5-3-4-6-14(12)17-13-7-9-18(10-8-13)11-15(16)19/h12-14,17H,2-11H2,1H3,(H2,16,19). The predicted molar refractivity (Wildman–Crippen MR) is 77.8 cm³/mol. The number of hydrogen-bond acceptors (Lipinski definition) is 3. The third-order valence-electron chi connectivity index (χ3n) is 4.85. The first-order chi connectivity index (χ1) is 9.19. The third kappa shape index (κ3) is 4.46. The van der Waals surface area contributed by atoms with Crippen LogP contribution in [0.25, 0.3) is 0 Å². The number of nitrogens with one attached hydrogen (secondary N) is 1. The maximum Gasteiger partial charge on any atom is 0.231 e. The highest BCUT2D eigenvalue weighted by Gasteiger charge is 2.27. The van der Waals surface area contributed by atoms with Crippen LogP contribution in [0.4, 0.5) is 0 Å². The molecular weight excluding hydrogens is 238 g/mol. The number of rotatable bonds is 5. The maximum absolute atomic E-state index is 10.9. The first kappa shape index (κ1) is 14.8. The summed E-state index contributed by atoms with van der Waals surface area (Å²) in [6, 6.07) is 1.37. The fourth-order valence-corrected chi connectivity index (χ4v) is 3.70. The van der Waals surface area contributed by atoms with Crippen molar-refractivity contribution < 1.29 is 4.79 Å². The van der Waals surface area contributed by atoms with E-state index in [2.05, 4.69) is 17.1 Å². The zero-order valence-electron chi connectivity index (χ0n) is 12.2. The Morgan fingerprint density at radius 2 is 1.89 bits per heavy atom. The van der Waals surface area contributed by atoms with Gasteiger partial charge in [-0.1, -0.05) is 26.2 Å². The number of carbonyl (C=O) groups excluding carboxylic acids is 1. The monoisotopic (exact) mass is 267 g/mol. The Hall–Kier alpha value is -0.610. The molecule has 2 fully saturated rings. The predicted octanol–water partition coefficient (Wildman–Crippen LogP) is 1.49. The molecule has 19 heavy (non-hydrogen) atoms. The Morgan fingerprint density at radius 3 is 2.53 bits per heavy atom. The summed E-state index contributed by atoms with van der Waals surface area (Å²) in [5, 5.41) is 3.89. The number of hydrogen-bond donors (Lipinski definition) is 2. The number of carbonyl (C=O) groups is 1. The zero-order valence-corrected chi connectivity index (χ0v) is 12.2. The molecular formula is C15H29N3O. The number of likely N-dealkylation sites (tertiary alicyclic amines) is 1. The van der Waals surface area contributed by atoms with Gasteiger partial charge in [-0.3, -0.25) is 9.69 Å². The van der Waals surface area contributed by atoms with Crippen LogP contribution in [0, 0.1) is 5.92 Å². The van der Waals surface area contributed by atoms with E-state index in [1.165, 1.54) is 32.1 Å². The summed E-state index contributed by atoms with van der Waals surface area (Å²) < 4.78 is 0. The van der Waals surface area contributed by atoms with Crippen molar-refractivity contribution in [2.24, 2.45) is 11.7 Å². The molecule has 110 valence electrons. The van der Waals surface area contributed by atoms with Crippen molar-refractivity contribution in [3.63, 3.8) is 0 Å². The van der Waals surface area contributed by atoms with Gasteiger partial charge in [0, 0.05) is 25.2 Å². The van der Waals surface area contributed by atoms with Crippen molar-refractivity contribution in [3.05, 3.63) is 0 Å². The Labute approximate surface area is 117 Å². The van der Waals surface area contributed by atoms with Crippen LogP contribution >= 0.6 is 0 Å². The molecule has 0 aromatic rings. The van der Waals surface area contributed by atoms with Gasteiger partial charge in [-0.2, -0.15) is 0 Å². The van der Waals surface area contributed by atoms with E-state index >= 15 is 0 Å². The number of piperidine rings is 1. The molecule has 1 heterocycles. The lowest BCUT2D eigenvalue weighted by Gasteiger charge is -2.38. The van der Waals surface area contributed by atoms with E-state index in [4.69, 9.17) is 5.73 Å². The zero-order chi connectivity index (χ0) is 13.7. The average Bonchev–Trinajstić information content (AvgIpc) is 2.41. The van der Waals surface area contributed by atoms with Gasteiger partial charge in [0.15, 0.2) is 0 Å². The summed E-state index contributed by atoms with van der Waals surface area (Å²) in [7, 11) is 0. The maximum atomic E-state index is 10.9. The molecule has 2 aliphatic rings. The van der Waals surface area contributed by atoms with Crippen molar-refractivity contribution in [2.75, 3.05) is 19.6 Å². The largest absolute Gasteiger partial charge is 0.369 e. The van der Waals surface area contributed by atoms with E-state index in [0.29, 0.717) is 12.6 Å². The van der Waals surface area contributed by atoms with Crippen molar-refractivity contribution in [3.8, 4) is 0 Å². The van der Waals surface area contributed by atoms with E-state index in [1.54, 1.807) is 0 Å². The molecule has 1 amide bonds. The van der Waals surface area contributed by atoms with Crippen molar-refractivity contribution >= 4 is 5.91 Å². The second-order valence-electron chi connectivity index (χ2n) is 6.24. The van der Waals surface area contributed by atoms with Crippen LogP contribution in [-0.4, -0.2) is 42.5 Å². The van der Waals surface area contributed by atoms with Crippen LogP contribution in [-0.2, 0) is 4.79 Å². The van der Waals surface area contributed by atoms with Gasteiger partial charge < -0.3 is 11.1 Å². The number of nitrogens with two attached hydrogens (primary N) is 1. The minimum Gasteiger partial charge on any atom is -0.369 e. The van der Waals surface area contributed by atoms with Gasteiger partial charge in [0.1, 0.15) is 0 Å². The molecule has 2 unspecified atom stereocenters. The molecule has 0 spiro atoms. The summed E-state index contributed by atoms with van der Waals surface area (Å²) in [6.07, 6.45) is 9.15. The molecule has 4 nitrogen and oxygen atoms in total. The summed E-state index contributed by atoms with van der Waals surface area (Å²) >= 11 is 0. The molecule has 1 saturated heterocycles. The van der Waals surface area contributed by atoms with Crippen LogP contribution in [0.3, 0.4) is 0 Å². The first-order valence-corrected chi connectivity index (χ1v) is 7.95. The van der Waals surface area contributed by atoms with E-state index in [-0.39, 0.29) is 5.91 Å². The minimum absolute atomic E-state index is 0.204. The summed E-state index contributed by atoms with van der Waals surface area (Å²) in [6.45, 7) is 4.75. The number of nitrogens with zero attached hydrogens (tertiary/aromatic N) is 1. The normalized spacial score (nSPS) is 30.4. The molecule has 4 heteroatoms. The molecule has 2 atom stereocenters. The second-order valence-corrected chi connectivity index (χ2v) is 6.24. The van der Waals surface area contributed by atoms with E-state index in [1.807, 2.05) is 0 Å². The highest BCUT2D eigenvalue weighted by atomic mass is 16.1. The SMILES string of the molecule is CCC1CCCCC1NC1CCN(CC(N)=O)CC1. The highest BCUT2D eigenvalue weighted by Crippen LogP contribution is 2.28. The van der Waals surface area contributed by atoms with Gasteiger partial charge in [0.25, 0.3) is 0 Å². The second kappa shape index (κ2) is 7.25. The first-order valence-electron chi connectivity index (χ1n) is 7.95. The molecule has 0 radical (unpaired) electrons. The molecule has 0 bridgehead atoms. The quantitative estimate of drug-likeness (QED) is 0.793. The molecule has 3 N–H and O–H groups in total. The van der Waals surface area contributed by atoms with Crippen LogP contribution < -0.4 is 11.1 Å². The summed E-state index contributed by atoms with van der Waals surface area (Å²) in [4.78, 5) is 13.1. The van der Waals surface area contributed by atoms with Gasteiger partial charge in [-0.15, -0.1) is 0 Å². The molecule has 1 aliphatic carbocycles. The average molecular weight is 267 g/mol. The molecule has 1 aliphatic heterocycles. The van der Waals surface area contributed by atoms with Crippen LogP contribution in [0.5, 0.6) is 0 Å².